The predicted octanol–water partition coefficient (Wildman–Crippen LogP) is 21.6. The van der Waals surface area contributed by atoms with Crippen LogP contribution in [-0.4, -0.2) is 159 Å². The Kier molecular flexibility index (Phi) is 69.1. The van der Waals surface area contributed by atoms with Crippen LogP contribution in [0.25, 0.3) is 11.0 Å². The number of Topliss-reactive ketones (excluding diaryl/α,β-unsaturated/α-hetero) is 2. The molecule has 0 saturated carbocycles. The van der Waals surface area contributed by atoms with E-state index >= 15 is 0 Å². The van der Waals surface area contributed by atoms with Crippen LogP contribution in [0.3, 0.4) is 0 Å². The van der Waals surface area contributed by atoms with Gasteiger partial charge in [-0.05, 0) is 205 Å². The van der Waals surface area contributed by atoms with E-state index in [9.17, 15) is 57.1 Å². The van der Waals surface area contributed by atoms with Gasteiger partial charge in [0.25, 0.3) is 11.1 Å². The molecule has 0 bridgehead atoms. The smallest absolute Gasteiger partial charge is 1.00 e. The van der Waals surface area contributed by atoms with Crippen molar-refractivity contribution in [3.63, 3.8) is 0 Å². The van der Waals surface area contributed by atoms with Gasteiger partial charge in [-0.15, -0.1) is 0 Å². The maximum absolute atomic E-state index is 13.5. The third-order valence-corrected chi connectivity index (χ3v) is 17.9. The Morgan fingerprint density at radius 2 is 0.754 bits per heavy atom. The molecule has 1 heterocycles. The number of amides is 6. The van der Waals surface area contributed by atoms with Crippen LogP contribution in [-0.2, 0) is 73.4 Å². The molecule has 6 amide bonds. The average molecular weight is 2010 g/mol. The summed E-state index contributed by atoms with van der Waals surface area (Å²) in [6, 6.07) is 45.1. The zero-order valence-corrected chi connectivity index (χ0v) is 85.3. The summed E-state index contributed by atoms with van der Waals surface area (Å²) in [5, 5.41) is 23.4. The van der Waals surface area contributed by atoms with Gasteiger partial charge in [0.1, 0.15) is 57.2 Å². The van der Waals surface area contributed by atoms with Crippen LogP contribution in [0.1, 0.15) is 273 Å². The van der Waals surface area contributed by atoms with E-state index in [0.717, 1.165) is 34.2 Å². The number of aryl methyl sites for hydroxylation is 2. The summed E-state index contributed by atoms with van der Waals surface area (Å²) in [4.78, 5) is 135. The topological polar surface area (TPSA) is 340 Å². The van der Waals surface area contributed by atoms with Gasteiger partial charge in [-0.3, -0.25) is 28.8 Å². The molecule has 0 aliphatic heterocycles. The van der Waals surface area contributed by atoms with Gasteiger partial charge in [-0.1, -0.05) is 256 Å². The van der Waals surface area contributed by atoms with E-state index in [1.54, 1.807) is 136 Å². The monoisotopic (exact) mass is 2010 g/mol. The van der Waals surface area contributed by atoms with Gasteiger partial charge in [0.05, 0.1) is 36.2 Å². The molecule has 1 aromatic heterocycles. The second-order valence-corrected chi connectivity index (χ2v) is 37.5. The van der Waals surface area contributed by atoms with Crippen molar-refractivity contribution >= 4 is 128 Å². The van der Waals surface area contributed by atoms with Gasteiger partial charge in [0.2, 0.25) is 0 Å². The van der Waals surface area contributed by atoms with Crippen LogP contribution < -0.4 is 49.0 Å². The van der Waals surface area contributed by atoms with E-state index < -0.39 is 106 Å². The molecule has 0 aliphatic rings. The number of carbonyl (C=O) groups excluding carboxylic acids is 9. The molecule has 0 radical (unpaired) electrons. The van der Waals surface area contributed by atoms with E-state index in [-0.39, 0.29) is 140 Å². The van der Waals surface area contributed by atoms with E-state index in [4.69, 9.17) is 72.8 Å². The molecule has 0 unspecified atom stereocenters. The number of carboxylic acids is 1. The average Bonchev–Trinajstić information content (AvgIpc) is 0.766. The molecule has 0 fully saturated rings. The van der Waals surface area contributed by atoms with Crippen LogP contribution in [0.5, 0.6) is 0 Å². The van der Waals surface area contributed by atoms with Crippen molar-refractivity contribution < 1.29 is 107 Å². The fourth-order valence-corrected chi connectivity index (χ4v) is 11.6. The van der Waals surface area contributed by atoms with Crippen LogP contribution >= 0.6 is 34.8 Å². The SMILES string of the molecule is C.C.C.C.C.CC(C)[C@@H](NC(=O)OC(C)(C)C)C(=O)CCc1ccccc1.CC(C)[C@@H](NC(=O)OC(C)(C)C)C(=O)CCc1ccccc1.CC(C)[C@@H](NC(=O)OC(C)(C)C)C(=O)O.CC(C)[C@@H](NC(=O)OC(C)(C)C)c1oc2cc(Cl)ccc2c(=O)c1Cc1ccccc1.CON(C)C(=O)[C@H](NC(=O)OC(C)(C)C)C(C)C.O=C(Cl)c1ccc(Cl)cc1F.[Br-].[CH2-]Cc1ccccc1.[Mg+2]. The maximum Gasteiger partial charge on any atom is 2.00 e. The minimum atomic E-state index is -1.06. The number of carboxylic acid groups (broad SMARTS) is 1. The zero-order chi connectivity index (χ0) is 97.2. The number of nitrogens with one attached hydrogen (secondary N) is 5. The van der Waals surface area contributed by atoms with Crippen molar-refractivity contribution in [3.05, 3.63) is 230 Å². The number of hydrogen-bond donors (Lipinski definition) is 6. The summed E-state index contributed by atoms with van der Waals surface area (Å²) in [5.74, 6) is -1.85. The molecule has 5 atom stereocenters. The van der Waals surface area contributed by atoms with Crippen molar-refractivity contribution in [3.8, 4) is 0 Å². The van der Waals surface area contributed by atoms with E-state index in [1.165, 1.54) is 31.9 Å². The molecule has 0 spiro atoms. The van der Waals surface area contributed by atoms with Crippen molar-refractivity contribution in [1.29, 1.82) is 0 Å². The largest absolute Gasteiger partial charge is 2.00 e. The van der Waals surface area contributed by atoms with Crippen molar-refractivity contribution in [2.24, 2.45) is 29.6 Å². The Bertz CT molecular complexity index is 4560. The standard InChI is InChI=1S/C25H28ClNO4.2C18H27NO3.C12H24N2O4.C10H19NO4.C8H9.C7H3Cl2FO.5CH4.BrH.Mg/c1-15(2)21(27-24(29)31-25(3,4)5)23-19(13-16-9-7-6-8-10-16)22(28)18-12-11-17(26)14-20(18)30-23;2*1-13(2)16(19-17(21)22-18(3,4)5)15(20)12-11-14-9-7-6-8-10-14;1-8(2)9(10(15)14(6)17-7)13-11(16)18-12(3,4)5;1-6(2)7(8(12)13)11-9(14)15-10(3,4)5;1-2-8-6-4-3-5-7-8;8-4-1-2-5(7(9)11)6(10)3-4;;;;;;;/h6-12,14-15,21H,13H2,1-5H3,(H,27,29);2*6-10,13,16H,11-12H2,1-5H3,(H,19,21);8-9H,1-7H3,(H,13,16);6-7H,1-5H3,(H,11,14)(H,12,13);3-7H,1-2H2;1-3H;5*1H4;1H;/q;;;;;-1;;;;;;;;+2/p-1/t21-;2*16-;9-;7-;;;;;;;;;/m11111........./s1. The Hall–Kier alpha value is -9.16. The number of hydroxylamine groups is 2. The third-order valence-electron chi connectivity index (χ3n) is 17.3. The first-order valence-corrected chi connectivity index (χ1v) is 43.2. The fourth-order valence-electron chi connectivity index (χ4n) is 11.1. The van der Waals surface area contributed by atoms with Gasteiger partial charge in [0, 0.05) is 48.0 Å². The number of aliphatic carboxylic acids is 1. The summed E-state index contributed by atoms with van der Waals surface area (Å²) < 4.78 is 44.9. The minimum absolute atomic E-state index is 0. The number of benzene rings is 6. The second kappa shape index (κ2) is 67.1. The molecule has 134 heavy (non-hydrogen) atoms. The van der Waals surface area contributed by atoms with Crippen molar-refractivity contribution in [2.75, 3.05) is 14.2 Å². The van der Waals surface area contributed by atoms with Crippen LogP contribution in [0.15, 0.2) is 167 Å². The minimum Gasteiger partial charge on any atom is -1.00 e. The van der Waals surface area contributed by atoms with Crippen molar-refractivity contribution in [2.45, 2.75) is 307 Å². The van der Waals surface area contributed by atoms with Gasteiger partial charge in [-0.25, -0.2) is 38.2 Å². The molecule has 31 heteroatoms. The first-order chi connectivity index (χ1) is 58.7. The number of ketones is 2. The van der Waals surface area contributed by atoms with Gasteiger partial charge in [0.15, 0.2) is 17.0 Å². The van der Waals surface area contributed by atoms with E-state index in [2.05, 4.69) is 45.6 Å². The Balaban J connectivity index is -0.000000287. The molecule has 0 aliphatic carbocycles. The third kappa shape index (κ3) is 59.0. The Morgan fingerprint density at radius 3 is 1.04 bits per heavy atom. The second-order valence-electron chi connectivity index (χ2n) is 36.3. The molecule has 7 aromatic rings. The van der Waals surface area contributed by atoms with Crippen LogP contribution in [0.2, 0.25) is 10.0 Å². The molecule has 750 valence electrons. The van der Waals surface area contributed by atoms with E-state index in [1.807, 2.05) is 165 Å². The zero-order valence-electron chi connectivity index (χ0n) is 80.1. The molecule has 6 aromatic carbocycles. The van der Waals surface area contributed by atoms with Crippen LogP contribution in [0.4, 0.5) is 28.4 Å². The number of hydrogen-bond acceptors (Lipinski definition) is 18. The number of halogens is 5. The summed E-state index contributed by atoms with van der Waals surface area (Å²) in [7, 11) is 2.89. The van der Waals surface area contributed by atoms with Gasteiger partial charge >= 0.3 is 59.5 Å². The maximum atomic E-state index is 13.5. The van der Waals surface area contributed by atoms with Crippen LogP contribution in [0, 0.1) is 42.3 Å². The first kappa shape index (κ1) is 138. The molecule has 0 saturated heterocycles. The summed E-state index contributed by atoms with van der Waals surface area (Å²) in [6.07, 6.45) is 0.479. The molecular formula is C103H157BrCl3FMgN6O19. The number of carbonyl (C=O) groups is 10. The number of alkyl carbamates (subject to hydrolysis) is 5. The number of ether oxygens (including phenoxy) is 5. The fraction of sp³-hybridized carbons (Fsp3) is 0.515. The first-order valence-electron chi connectivity index (χ1n) is 42.1. The summed E-state index contributed by atoms with van der Waals surface area (Å²) in [6.45, 7) is 49.1. The predicted molar refractivity (Wildman–Crippen MR) is 539 cm³/mol. The van der Waals surface area contributed by atoms with Gasteiger partial charge in [-0.2, -0.15) is 6.42 Å². The quantitative estimate of drug-likeness (QED) is 0.00964. The number of fused-ring (bicyclic) bond motifs is 1. The summed E-state index contributed by atoms with van der Waals surface area (Å²) in [5.41, 5.74) is 2.13. The molecular weight excluding hydrogens is 1850 g/mol. The Morgan fingerprint density at radius 1 is 0.448 bits per heavy atom. The van der Waals surface area contributed by atoms with Crippen molar-refractivity contribution in [1.82, 2.24) is 31.6 Å². The van der Waals surface area contributed by atoms with E-state index in [0.29, 0.717) is 59.4 Å². The number of rotatable bonds is 26. The number of likely N-dealkylation sites (N-methyl/N-ethyl adjacent to an activating group) is 1. The normalized spacial score (nSPS) is 11.8. The Labute approximate surface area is 841 Å². The number of nitrogens with zero attached hydrogens (tertiary/aromatic N) is 1. The molecule has 7 rings (SSSR count). The summed E-state index contributed by atoms with van der Waals surface area (Å²) >= 11 is 16.6. The molecule has 6 N–H and O–H groups in total. The van der Waals surface area contributed by atoms with Gasteiger partial charge < -0.3 is 83.7 Å². The molecule has 25 nitrogen and oxygen atoms in total.